The van der Waals surface area contributed by atoms with E-state index in [1.807, 2.05) is 6.92 Å². The zero-order valence-electron chi connectivity index (χ0n) is 10.9. The Labute approximate surface area is 106 Å². The molecule has 0 saturated carbocycles. The van der Waals surface area contributed by atoms with Crippen LogP contribution in [0.15, 0.2) is 0 Å². The number of amides is 2. The minimum Gasteiger partial charge on any atom is -0.480 e. The number of carbonyl (C=O) groups is 3. The predicted molar refractivity (Wildman–Crippen MR) is 65.7 cm³/mol. The second-order valence-corrected chi connectivity index (χ2v) is 4.28. The minimum absolute atomic E-state index is 0.185. The van der Waals surface area contributed by atoms with Crippen molar-refractivity contribution in [2.75, 3.05) is 6.54 Å². The molecule has 0 saturated heterocycles. The van der Waals surface area contributed by atoms with Crippen molar-refractivity contribution in [1.82, 2.24) is 10.6 Å². The first-order chi connectivity index (χ1) is 8.29. The Bertz CT molecular complexity index is 317. The van der Waals surface area contributed by atoms with Gasteiger partial charge >= 0.3 is 5.97 Å². The van der Waals surface area contributed by atoms with Crippen LogP contribution in [0.4, 0.5) is 0 Å². The summed E-state index contributed by atoms with van der Waals surface area (Å²) < 4.78 is 0. The molecule has 0 radical (unpaired) electrons. The molecule has 0 fully saturated rings. The minimum atomic E-state index is -1.09. The molecular weight excluding hydrogens is 238 g/mol. The molecule has 0 aromatic carbocycles. The van der Waals surface area contributed by atoms with E-state index >= 15 is 0 Å². The quantitative estimate of drug-likeness (QED) is 0.470. The Hall–Kier alpha value is -1.63. The number of carboxylic acid groups (broad SMARTS) is 1. The third kappa shape index (κ3) is 5.62. The molecule has 18 heavy (non-hydrogen) atoms. The molecule has 0 spiro atoms. The Morgan fingerprint density at radius 3 is 2.22 bits per heavy atom. The highest BCUT2D eigenvalue weighted by Crippen LogP contribution is 2.07. The summed E-state index contributed by atoms with van der Waals surface area (Å²) in [7, 11) is 0. The van der Waals surface area contributed by atoms with E-state index in [4.69, 9.17) is 10.8 Å². The van der Waals surface area contributed by atoms with Crippen molar-refractivity contribution in [3.05, 3.63) is 0 Å². The van der Waals surface area contributed by atoms with Gasteiger partial charge in [0.1, 0.15) is 6.04 Å². The fourth-order valence-corrected chi connectivity index (χ4v) is 1.24. The van der Waals surface area contributed by atoms with Crippen LogP contribution < -0.4 is 16.4 Å². The average molecular weight is 259 g/mol. The second-order valence-electron chi connectivity index (χ2n) is 4.28. The zero-order valence-corrected chi connectivity index (χ0v) is 10.9. The highest BCUT2D eigenvalue weighted by molar-refractivity contribution is 5.89. The van der Waals surface area contributed by atoms with Crippen LogP contribution in [0.25, 0.3) is 0 Å². The fraction of sp³-hybridized carbons (Fsp3) is 0.727. The summed E-state index contributed by atoms with van der Waals surface area (Å²) in [6.45, 7) is 4.79. The molecule has 104 valence electrons. The Morgan fingerprint density at radius 2 is 1.83 bits per heavy atom. The maximum Gasteiger partial charge on any atom is 0.326 e. The van der Waals surface area contributed by atoms with E-state index in [1.54, 1.807) is 6.92 Å². The van der Waals surface area contributed by atoms with Crippen molar-refractivity contribution in [2.45, 2.75) is 39.3 Å². The van der Waals surface area contributed by atoms with Gasteiger partial charge < -0.3 is 21.5 Å². The molecule has 3 atom stereocenters. The Morgan fingerprint density at radius 1 is 1.28 bits per heavy atom. The van der Waals surface area contributed by atoms with Crippen molar-refractivity contribution in [3.8, 4) is 0 Å². The van der Waals surface area contributed by atoms with Gasteiger partial charge in [-0.1, -0.05) is 20.3 Å². The van der Waals surface area contributed by atoms with Gasteiger partial charge in [0.05, 0.1) is 12.6 Å². The molecule has 0 heterocycles. The topological polar surface area (TPSA) is 122 Å². The molecule has 0 rings (SSSR count). The van der Waals surface area contributed by atoms with Crippen molar-refractivity contribution in [3.63, 3.8) is 0 Å². The lowest BCUT2D eigenvalue weighted by Gasteiger charge is -2.20. The van der Waals surface area contributed by atoms with Crippen LogP contribution in [0.1, 0.15) is 27.2 Å². The second kappa shape index (κ2) is 7.65. The summed E-state index contributed by atoms with van der Waals surface area (Å²) in [5, 5.41) is 13.6. The van der Waals surface area contributed by atoms with Gasteiger partial charge in [0.15, 0.2) is 0 Å². The van der Waals surface area contributed by atoms with Crippen LogP contribution in [0, 0.1) is 5.92 Å². The number of aliphatic carboxylic acids is 1. The third-order valence-electron chi connectivity index (χ3n) is 2.63. The molecule has 0 unspecified atom stereocenters. The van der Waals surface area contributed by atoms with Crippen LogP contribution in [0.3, 0.4) is 0 Å². The van der Waals surface area contributed by atoms with Crippen LogP contribution >= 0.6 is 0 Å². The van der Waals surface area contributed by atoms with E-state index in [0.29, 0.717) is 6.42 Å². The van der Waals surface area contributed by atoms with E-state index in [0.717, 1.165) is 0 Å². The first-order valence-electron chi connectivity index (χ1n) is 5.85. The van der Waals surface area contributed by atoms with Gasteiger partial charge in [-0.15, -0.1) is 0 Å². The van der Waals surface area contributed by atoms with Gasteiger partial charge in [-0.05, 0) is 12.8 Å². The first-order valence-corrected chi connectivity index (χ1v) is 5.85. The molecular formula is C11H21N3O4. The summed E-state index contributed by atoms with van der Waals surface area (Å²) in [6.07, 6.45) is 0.628. The maximum absolute atomic E-state index is 11.5. The molecule has 0 aliphatic heterocycles. The largest absolute Gasteiger partial charge is 0.480 e. The van der Waals surface area contributed by atoms with Gasteiger partial charge in [0.2, 0.25) is 11.8 Å². The lowest BCUT2D eigenvalue weighted by atomic mass is 9.99. The molecule has 0 aromatic heterocycles. The number of nitrogens with one attached hydrogen (secondary N) is 2. The van der Waals surface area contributed by atoms with Gasteiger partial charge in [-0.3, -0.25) is 9.59 Å². The van der Waals surface area contributed by atoms with Crippen LogP contribution in [0.2, 0.25) is 0 Å². The summed E-state index contributed by atoms with van der Waals surface area (Å²) in [6, 6.07) is -1.66. The molecule has 5 N–H and O–H groups in total. The number of hydrogen-bond acceptors (Lipinski definition) is 4. The van der Waals surface area contributed by atoms with Crippen LogP contribution in [-0.2, 0) is 14.4 Å². The van der Waals surface area contributed by atoms with Gasteiger partial charge in [-0.25, -0.2) is 4.79 Å². The molecule has 0 bridgehead atoms. The van der Waals surface area contributed by atoms with Crippen LogP contribution in [-0.4, -0.2) is 41.5 Å². The predicted octanol–water partition coefficient (Wildman–Crippen LogP) is -0.935. The number of rotatable bonds is 7. The third-order valence-corrected chi connectivity index (χ3v) is 2.63. The number of carbonyl (C=O) groups excluding carboxylic acids is 2. The van der Waals surface area contributed by atoms with Gasteiger partial charge in [-0.2, -0.15) is 0 Å². The lowest BCUT2D eigenvalue weighted by Crippen LogP contribution is -2.50. The molecule has 7 heteroatoms. The Kier molecular flexibility index (Phi) is 6.96. The SMILES string of the molecule is CC[C@H](C)[C@H](NC(=O)CNC(=O)[C@H](C)N)C(=O)O. The van der Waals surface area contributed by atoms with Crippen molar-refractivity contribution in [2.24, 2.45) is 11.7 Å². The number of nitrogens with two attached hydrogens (primary N) is 1. The summed E-state index contributed by atoms with van der Waals surface area (Å²) >= 11 is 0. The fourth-order valence-electron chi connectivity index (χ4n) is 1.24. The molecule has 2 amide bonds. The van der Waals surface area contributed by atoms with E-state index in [2.05, 4.69) is 10.6 Å². The van der Waals surface area contributed by atoms with Crippen molar-refractivity contribution < 1.29 is 19.5 Å². The van der Waals surface area contributed by atoms with Crippen molar-refractivity contribution >= 4 is 17.8 Å². The zero-order chi connectivity index (χ0) is 14.3. The highest BCUT2D eigenvalue weighted by Gasteiger charge is 2.25. The smallest absolute Gasteiger partial charge is 0.326 e. The van der Waals surface area contributed by atoms with Gasteiger partial charge in [0, 0.05) is 0 Å². The summed E-state index contributed by atoms with van der Waals surface area (Å²) in [4.78, 5) is 33.6. The van der Waals surface area contributed by atoms with Gasteiger partial charge in [0.25, 0.3) is 0 Å². The number of carboxylic acids is 1. The first kappa shape index (κ1) is 16.4. The molecule has 0 aliphatic carbocycles. The standard InChI is InChI=1S/C11H21N3O4/c1-4-6(2)9(11(17)18)14-8(15)5-13-10(16)7(3)12/h6-7,9H,4-5,12H2,1-3H3,(H,13,16)(H,14,15)(H,17,18)/t6-,7-,9-/m0/s1. The normalized spacial score (nSPS) is 15.3. The van der Waals surface area contributed by atoms with Crippen LogP contribution in [0.5, 0.6) is 0 Å². The Balaban J connectivity index is 4.27. The highest BCUT2D eigenvalue weighted by atomic mass is 16.4. The van der Waals surface area contributed by atoms with E-state index in [-0.39, 0.29) is 12.5 Å². The lowest BCUT2D eigenvalue weighted by molar-refractivity contribution is -0.143. The monoisotopic (exact) mass is 259 g/mol. The van der Waals surface area contributed by atoms with E-state index in [1.165, 1.54) is 6.92 Å². The summed E-state index contributed by atoms with van der Waals surface area (Å²) in [5.41, 5.74) is 5.30. The molecule has 0 aliphatic rings. The molecule has 7 nitrogen and oxygen atoms in total. The average Bonchev–Trinajstić information content (AvgIpc) is 2.31. The number of hydrogen-bond donors (Lipinski definition) is 4. The summed E-state index contributed by atoms with van der Waals surface area (Å²) in [5.74, 6) is -2.27. The molecule has 0 aromatic rings. The van der Waals surface area contributed by atoms with E-state index < -0.39 is 29.9 Å². The van der Waals surface area contributed by atoms with E-state index in [9.17, 15) is 14.4 Å². The van der Waals surface area contributed by atoms with Crippen molar-refractivity contribution in [1.29, 1.82) is 0 Å². The maximum atomic E-state index is 11.5.